The number of nitrogens with one attached hydrogen (secondary N) is 1. The third-order valence-electron chi connectivity index (χ3n) is 5.99. The summed E-state index contributed by atoms with van der Waals surface area (Å²) in [4.78, 5) is 28.3. The van der Waals surface area contributed by atoms with Gasteiger partial charge in [-0.05, 0) is 37.7 Å². The molecular formula is C19H25N6OS+. The topological polar surface area (TPSA) is 67.8 Å². The molecule has 3 aromatic rings. The molecule has 2 aliphatic rings. The number of nitrogens with zero attached hydrogens (tertiary/aromatic N) is 5. The average Bonchev–Trinajstić information content (AvgIpc) is 3.23. The first-order valence-electron chi connectivity index (χ1n) is 9.79. The second-order valence-electron chi connectivity index (χ2n) is 8.11. The fourth-order valence-electron chi connectivity index (χ4n) is 4.27. The van der Waals surface area contributed by atoms with Crippen LogP contribution in [0, 0.1) is 12.8 Å². The van der Waals surface area contributed by atoms with Crippen molar-refractivity contribution in [3.63, 3.8) is 0 Å². The first-order chi connectivity index (χ1) is 13.0. The van der Waals surface area contributed by atoms with Crippen molar-refractivity contribution in [2.75, 3.05) is 33.2 Å². The molecule has 27 heavy (non-hydrogen) atoms. The van der Waals surface area contributed by atoms with E-state index in [9.17, 15) is 4.79 Å². The standard InChI is InChI=1S/C19H24N6OS/c1-11-4-5-14-13(10-11)15-17-21-16(19(26)24-8-6-23(3)7-9-24)22-25(17)12(2)20-18(15)27-14/h11H,4-10H2,1-3H3/p+1/t11-/m1/s1. The number of fused-ring (bicyclic) bond motifs is 5. The fraction of sp³-hybridized carbons (Fsp3) is 0.579. The Labute approximate surface area is 162 Å². The van der Waals surface area contributed by atoms with Crippen LogP contribution >= 0.6 is 11.3 Å². The fourth-order valence-corrected chi connectivity index (χ4v) is 5.53. The number of aromatic nitrogens is 4. The predicted molar refractivity (Wildman–Crippen MR) is 105 cm³/mol. The van der Waals surface area contributed by atoms with E-state index in [1.165, 1.54) is 21.8 Å². The van der Waals surface area contributed by atoms with Crippen LogP contribution in [0.1, 0.15) is 40.2 Å². The van der Waals surface area contributed by atoms with Gasteiger partial charge in [0.25, 0.3) is 5.91 Å². The van der Waals surface area contributed by atoms with Crippen LogP contribution in [-0.2, 0) is 12.8 Å². The summed E-state index contributed by atoms with van der Waals surface area (Å²) in [5, 5.41) is 5.67. The lowest BCUT2D eigenvalue weighted by Crippen LogP contribution is -3.12. The van der Waals surface area contributed by atoms with Gasteiger partial charge in [0.05, 0.1) is 38.6 Å². The Bertz CT molecular complexity index is 1050. The van der Waals surface area contributed by atoms with Crippen molar-refractivity contribution in [2.24, 2.45) is 5.92 Å². The SMILES string of the molecule is Cc1nc2sc3c(c2c2nc(C(=O)N4CC[NH+](C)CC4)nn12)C[C@H](C)CC3. The smallest absolute Gasteiger partial charge is 0.293 e. The van der Waals surface area contributed by atoms with Crippen molar-refractivity contribution >= 4 is 33.1 Å². The summed E-state index contributed by atoms with van der Waals surface area (Å²) < 4.78 is 1.77. The predicted octanol–water partition coefficient (Wildman–Crippen LogP) is 0.743. The molecule has 0 unspecified atom stereocenters. The maximum atomic E-state index is 13.0. The van der Waals surface area contributed by atoms with Crippen LogP contribution in [0.5, 0.6) is 0 Å². The molecule has 0 bridgehead atoms. The highest BCUT2D eigenvalue weighted by Gasteiger charge is 2.28. The van der Waals surface area contributed by atoms with Crippen molar-refractivity contribution in [1.82, 2.24) is 24.5 Å². The molecule has 0 spiro atoms. The van der Waals surface area contributed by atoms with Gasteiger partial charge in [-0.1, -0.05) is 6.92 Å². The highest BCUT2D eigenvalue weighted by atomic mass is 32.1. The van der Waals surface area contributed by atoms with E-state index in [0.29, 0.717) is 11.7 Å². The van der Waals surface area contributed by atoms with Gasteiger partial charge in [0, 0.05) is 4.88 Å². The van der Waals surface area contributed by atoms with Crippen molar-refractivity contribution in [3.8, 4) is 0 Å². The zero-order chi connectivity index (χ0) is 18.7. The Morgan fingerprint density at radius 1 is 1.26 bits per heavy atom. The van der Waals surface area contributed by atoms with Gasteiger partial charge in [-0.25, -0.2) is 9.97 Å². The van der Waals surface area contributed by atoms with Crippen molar-refractivity contribution < 1.29 is 9.69 Å². The highest BCUT2D eigenvalue weighted by Crippen LogP contribution is 2.39. The van der Waals surface area contributed by atoms with Crippen LogP contribution in [0.3, 0.4) is 0 Å². The van der Waals surface area contributed by atoms with Crippen LogP contribution in [0.15, 0.2) is 0 Å². The Kier molecular flexibility index (Phi) is 3.94. The molecule has 8 heteroatoms. The molecule has 3 aromatic heterocycles. The molecule has 1 atom stereocenters. The van der Waals surface area contributed by atoms with Gasteiger partial charge in [0.15, 0.2) is 5.65 Å². The summed E-state index contributed by atoms with van der Waals surface area (Å²) in [6.07, 6.45) is 3.41. The third kappa shape index (κ3) is 2.73. The minimum atomic E-state index is -0.0591. The molecule has 4 heterocycles. The number of thiophene rings is 1. The summed E-state index contributed by atoms with van der Waals surface area (Å²) in [7, 11) is 2.16. The molecule has 1 N–H and O–H groups in total. The summed E-state index contributed by atoms with van der Waals surface area (Å²) in [6.45, 7) is 7.71. The Hall–Kier alpha value is -2.06. The van der Waals surface area contributed by atoms with Gasteiger partial charge in [-0.2, -0.15) is 4.52 Å². The maximum Gasteiger partial charge on any atom is 0.293 e. The van der Waals surface area contributed by atoms with E-state index in [0.717, 1.165) is 60.7 Å². The molecule has 1 amide bonds. The monoisotopic (exact) mass is 385 g/mol. The lowest BCUT2D eigenvalue weighted by molar-refractivity contribution is -0.883. The van der Waals surface area contributed by atoms with Gasteiger partial charge in [-0.15, -0.1) is 16.4 Å². The molecular weight excluding hydrogens is 360 g/mol. The van der Waals surface area contributed by atoms with E-state index < -0.39 is 0 Å². The number of quaternary nitrogens is 1. The molecule has 1 fully saturated rings. The normalized spacial score (nSPS) is 21.1. The van der Waals surface area contributed by atoms with E-state index in [4.69, 9.17) is 9.97 Å². The Balaban J connectivity index is 1.62. The van der Waals surface area contributed by atoms with E-state index in [-0.39, 0.29) is 5.91 Å². The van der Waals surface area contributed by atoms with Gasteiger partial charge in [0.1, 0.15) is 10.7 Å². The lowest BCUT2D eigenvalue weighted by Gasteiger charge is -2.29. The Morgan fingerprint density at radius 3 is 2.81 bits per heavy atom. The minimum absolute atomic E-state index is 0.0591. The third-order valence-corrected chi connectivity index (χ3v) is 7.17. The van der Waals surface area contributed by atoms with Gasteiger partial charge in [-0.3, -0.25) is 4.79 Å². The number of rotatable bonds is 1. The molecule has 0 aromatic carbocycles. The maximum absolute atomic E-state index is 13.0. The molecule has 142 valence electrons. The number of hydrogen-bond donors (Lipinski definition) is 1. The van der Waals surface area contributed by atoms with Crippen LogP contribution in [0.4, 0.5) is 0 Å². The van der Waals surface area contributed by atoms with Gasteiger partial charge < -0.3 is 9.80 Å². The summed E-state index contributed by atoms with van der Waals surface area (Å²) >= 11 is 1.79. The molecule has 0 saturated carbocycles. The zero-order valence-electron chi connectivity index (χ0n) is 16.1. The largest absolute Gasteiger partial charge is 0.334 e. The van der Waals surface area contributed by atoms with E-state index >= 15 is 0 Å². The van der Waals surface area contributed by atoms with Crippen LogP contribution < -0.4 is 4.90 Å². The highest BCUT2D eigenvalue weighted by molar-refractivity contribution is 7.19. The quantitative estimate of drug-likeness (QED) is 0.671. The number of carbonyl (C=O) groups excluding carboxylic acids is 1. The van der Waals surface area contributed by atoms with E-state index in [1.54, 1.807) is 15.9 Å². The summed E-state index contributed by atoms with van der Waals surface area (Å²) in [5.74, 6) is 1.71. The number of hydrogen-bond acceptors (Lipinski definition) is 5. The average molecular weight is 386 g/mol. The van der Waals surface area contributed by atoms with Crippen molar-refractivity contribution in [3.05, 3.63) is 22.1 Å². The van der Waals surface area contributed by atoms with Gasteiger partial charge in [0.2, 0.25) is 5.82 Å². The summed E-state index contributed by atoms with van der Waals surface area (Å²) in [5.41, 5.74) is 2.17. The number of likely N-dealkylation sites (N-methyl/N-ethyl adjacent to an activating group) is 1. The molecule has 1 aliphatic carbocycles. The number of carbonyl (C=O) groups is 1. The van der Waals surface area contributed by atoms with Crippen molar-refractivity contribution in [2.45, 2.75) is 33.1 Å². The molecule has 0 radical (unpaired) electrons. The molecule has 1 saturated heterocycles. The van der Waals surface area contributed by atoms with Crippen LogP contribution in [-0.4, -0.2) is 63.6 Å². The van der Waals surface area contributed by atoms with Crippen molar-refractivity contribution in [1.29, 1.82) is 0 Å². The van der Waals surface area contributed by atoms with Crippen LogP contribution in [0.2, 0.25) is 0 Å². The number of piperazine rings is 1. The molecule has 7 nitrogen and oxygen atoms in total. The lowest BCUT2D eigenvalue weighted by atomic mass is 9.89. The first kappa shape index (κ1) is 17.1. The van der Waals surface area contributed by atoms with Gasteiger partial charge >= 0.3 is 0 Å². The second-order valence-corrected chi connectivity index (χ2v) is 9.19. The van der Waals surface area contributed by atoms with E-state index in [1.807, 2.05) is 11.8 Å². The minimum Gasteiger partial charge on any atom is -0.334 e. The Morgan fingerprint density at radius 2 is 2.04 bits per heavy atom. The molecule has 1 aliphatic heterocycles. The molecule has 5 rings (SSSR count). The first-order valence-corrected chi connectivity index (χ1v) is 10.6. The van der Waals surface area contributed by atoms with Crippen LogP contribution in [0.25, 0.3) is 15.9 Å². The van der Waals surface area contributed by atoms with E-state index in [2.05, 4.69) is 19.1 Å². The summed E-state index contributed by atoms with van der Waals surface area (Å²) in [6, 6.07) is 0. The second kappa shape index (κ2) is 6.24. The number of aryl methyl sites for hydroxylation is 2. The number of amides is 1. The zero-order valence-corrected chi connectivity index (χ0v) is 16.9.